The molecule has 108 valence electrons. The summed E-state index contributed by atoms with van der Waals surface area (Å²) in [7, 11) is 0. The van der Waals surface area contributed by atoms with Gasteiger partial charge in [-0.15, -0.1) is 23.7 Å². The van der Waals surface area contributed by atoms with Crippen molar-refractivity contribution in [1.82, 2.24) is 4.98 Å². The molecule has 0 saturated heterocycles. The Labute approximate surface area is 128 Å². The molecule has 0 fully saturated rings. The summed E-state index contributed by atoms with van der Waals surface area (Å²) in [6, 6.07) is 7.74. The number of hydrogen-bond acceptors (Lipinski definition) is 4. The molecule has 0 spiro atoms. The van der Waals surface area contributed by atoms with Crippen LogP contribution in [0.25, 0.3) is 0 Å². The molecular formula is C14H17ClN2O2S. The molecule has 0 unspecified atom stereocenters. The van der Waals surface area contributed by atoms with Gasteiger partial charge in [-0.05, 0) is 31.0 Å². The average Bonchev–Trinajstić information content (AvgIpc) is 2.82. The molecular weight excluding hydrogens is 296 g/mol. The predicted molar refractivity (Wildman–Crippen MR) is 84.0 cm³/mol. The zero-order valence-corrected chi connectivity index (χ0v) is 13.0. The van der Waals surface area contributed by atoms with Crippen LogP contribution < -0.4 is 10.1 Å². The van der Waals surface area contributed by atoms with E-state index in [0.717, 1.165) is 11.3 Å². The van der Waals surface area contributed by atoms with Crippen molar-refractivity contribution in [3.63, 3.8) is 0 Å². The lowest BCUT2D eigenvalue weighted by Gasteiger charge is -2.06. The Kier molecular flexibility index (Phi) is 6.48. The SMILES string of the molecule is CCc1ccc(OCC(=O)Nc2ncc(C)s2)cc1.Cl. The number of rotatable bonds is 5. The molecule has 0 saturated carbocycles. The molecule has 2 aromatic rings. The number of carbonyl (C=O) groups is 1. The van der Waals surface area contributed by atoms with Gasteiger partial charge in [0.2, 0.25) is 0 Å². The molecule has 1 aromatic heterocycles. The van der Waals surface area contributed by atoms with Crippen LogP contribution in [0.3, 0.4) is 0 Å². The summed E-state index contributed by atoms with van der Waals surface area (Å²) >= 11 is 1.44. The van der Waals surface area contributed by atoms with Crippen molar-refractivity contribution in [2.75, 3.05) is 11.9 Å². The Hall–Kier alpha value is -1.59. The number of carbonyl (C=O) groups excluding carboxylic acids is 1. The third-order valence-corrected chi connectivity index (χ3v) is 3.40. The van der Waals surface area contributed by atoms with Crippen LogP contribution in [0, 0.1) is 6.92 Å². The molecule has 6 heteroatoms. The number of aromatic nitrogens is 1. The normalized spacial score (nSPS) is 9.70. The number of aryl methyl sites for hydroxylation is 2. The Bertz CT molecular complexity index is 555. The summed E-state index contributed by atoms with van der Waals surface area (Å²) in [6.07, 6.45) is 2.72. The van der Waals surface area contributed by atoms with E-state index in [1.54, 1.807) is 6.20 Å². The van der Waals surface area contributed by atoms with Gasteiger partial charge in [0.05, 0.1) is 0 Å². The first-order valence-electron chi connectivity index (χ1n) is 6.11. The Morgan fingerprint density at radius 1 is 1.35 bits per heavy atom. The third kappa shape index (κ3) is 4.83. The number of nitrogens with zero attached hydrogens (tertiary/aromatic N) is 1. The van der Waals surface area contributed by atoms with Crippen molar-refractivity contribution >= 4 is 34.8 Å². The van der Waals surface area contributed by atoms with Gasteiger partial charge in [0.15, 0.2) is 11.7 Å². The third-order valence-electron chi connectivity index (χ3n) is 2.57. The first-order valence-corrected chi connectivity index (χ1v) is 6.93. The Morgan fingerprint density at radius 2 is 2.05 bits per heavy atom. The highest BCUT2D eigenvalue weighted by molar-refractivity contribution is 7.15. The van der Waals surface area contributed by atoms with E-state index in [1.165, 1.54) is 16.9 Å². The quantitative estimate of drug-likeness (QED) is 0.920. The number of ether oxygens (including phenoxy) is 1. The minimum Gasteiger partial charge on any atom is -0.484 e. The lowest BCUT2D eigenvalue weighted by molar-refractivity contribution is -0.118. The molecule has 0 aliphatic heterocycles. The van der Waals surface area contributed by atoms with E-state index in [2.05, 4.69) is 17.2 Å². The van der Waals surface area contributed by atoms with Crippen LogP contribution >= 0.6 is 23.7 Å². The monoisotopic (exact) mass is 312 g/mol. The molecule has 1 N–H and O–H groups in total. The van der Waals surface area contributed by atoms with E-state index in [1.807, 2.05) is 31.2 Å². The molecule has 20 heavy (non-hydrogen) atoms. The van der Waals surface area contributed by atoms with Gasteiger partial charge in [0.25, 0.3) is 5.91 Å². The van der Waals surface area contributed by atoms with Gasteiger partial charge in [0, 0.05) is 11.1 Å². The maximum atomic E-state index is 11.6. The van der Waals surface area contributed by atoms with Gasteiger partial charge in [-0.25, -0.2) is 4.98 Å². The van der Waals surface area contributed by atoms with Crippen LogP contribution in [-0.2, 0) is 11.2 Å². The van der Waals surface area contributed by atoms with E-state index in [0.29, 0.717) is 10.9 Å². The van der Waals surface area contributed by atoms with Gasteiger partial charge in [-0.3, -0.25) is 10.1 Å². The topological polar surface area (TPSA) is 51.2 Å². The molecule has 1 amide bonds. The van der Waals surface area contributed by atoms with Crippen molar-refractivity contribution in [3.05, 3.63) is 40.9 Å². The number of nitrogens with one attached hydrogen (secondary N) is 1. The van der Waals surface area contributed by atoms with Crippen molar-refractivity contribution in [2.45, 2.75) is 20.3 Å². The average molecular weight is 313 g/mol. The summed E-state index contributed by atoms with van der Waals surface area (Å²) in [5.74, 6) is 0.497. The molecule has 0 atom stereocenters. The summed E-state index contributed by atoms with van der Waals surface area (Å²) in [5.41, 5.74) is 1.25. The van der Waals surface area contributed by atoms with Crippen molar-refractivity contribution in [3.8, 4) is 5.75 Å². The smallest absolute Gasteiger partial charge is 0.264 e. The van der Waals surface area contributed by atoms with Crippen molar-refractivity contribution in [2.24, 2.45) is 0 Å². The second-order valence-electron chi connectivity index (χ2n) is 4.11. The highest BCUT2D eigenvalue weighted by Crippen LogP contribution is 2.16. The Morgan fingerprint density at radius 3 is 2.60 bits per heavy atom. The van der Waals surface area contributed by atoms with Crippen LogP contribution in [0.15, 0.2) is 30.5 Å². The lowest BCUT2D eigenvalue weighted by atomic mass is 10.2. The lowest BCUT2D eigenvalue weighted by Crippen LogP contribution is -2.19. The fourth-order valence-electron chi connectivity index (χ4n) is 1.54. The molecule has 0 bridgehead atoms. The molecule has 0 radical (unpaired) electrons. The van der Waals surface area contributed by atoms with Crippen LogP contribution in [0.1, 0.15) is 17.4 Å². The minimum atomic E-state index is -0.200. The highest BCUT2D eigenvalue weighted by atomic mass is 35.5. The number of thiazole rings is 1. The number of hydrogen-bond donors (Lipinski definition) is 1. The fourth-order valence-corrected chi connectivity index (χ4v) is 2.22. The Balaban J connectivity index is 0.00000200. The largest absolute Gasteiger partial charge is 0.484 e. The van der Waals surface area contributed by atoms with E-state index in [9.17, 15) is 4.79 Å². The van der Waals surface area contributed by atoms with Crippen molar-refractivity contribution < 1.29 is 9.53 Å². The first-order chi connectivity index (χ1) is 9.17. The fraction of sp³-hybridized carbons (Fsp3) is 0.286. The molecule has 4 nitrogen and oxygen atoms in total. The second-order valence-corrected chi connectivity index (χ2v) is 5.35. The van der Waals surface area contributed by atoms with Gasteiger partial charge in [-0.1, -0.05) is 19.1 Å². The molecule has 2 rings (SSSR count). The zero-order chi connectivity index (χ0) is 13.7. The maximum Gasteiger partial charge on any atom is 0.264 e. The highest BCUT2D eigenvalue weighted by Gasteiger charge is 2.06. The molecule has 1 heterocycles. The van der Waals surface area contributed by atoms with Crippen LogP contribution in [0.4, 0.5) is 5.13 Å². The maximum absolute atomic E-state index is 11.6. The second kappa shape index (κ2) is 7.87. The molecule has 0 aliphatic rings. The van der Waals surface area contributed by atoms with E-state index < -0.39 is 0 Å². The van der Waals surface area contributed by atoms with Gasteiger partial charge < -0.3 is 4.74 Å². The van der Waals surface area contributed by atoms with Crippen LogP contribution in [-0.4, -0.2) is 17.5 Å². The zero-order valence-electron chi connectivity index (χ0n) is 11.4. The van der Waals surface area contributed by atoms with Gasteiger partial charge >= 0.3 is 0 Å². The number of amides is 1. The molecule has 0 aliphatic carbocycles. The van der Waals surface area contributed by atoms with E-state index >= 15 is 0 Å². The van der Waals surface area contributed by atoms with Crippen LogP contribution in [0.2, 0.25) is 0 Å². The first kappa shape index (κ1) is 16.5. The number of anilines is 1. The summed E-state index contributed by atoms with van der Waals surface area (Å²) in [6.45, 7) is 4.03. The number of halogens is 1. The van der Waals surface area contributed by atoms with E-state index in [-0.39, 0.29) is 24.9 Å². The van der Waals surface area contributed by atoms with Crippen LogP contribution in [0.5, 0.6) is 5.75 Å². The summed E-state index contributed by atoms with van der Waals surface area (Å²) < 4.78 is 5.41. The van der Waals surface area contributed by atoms with Crippen molar-refractivity contribution in [1.29, 1.82) is 0 Å². The predicted octanol–water partition coefficient (Wildman–Crippen LogP) is 3.45. The number of benzene rings is 1. The van der Waals surface area contributed by atoms with E-state index in [4.69, 9.17) is 4.74 Å². The summed E-state index contributed by atoms with van der Waals surface area (Å²) in [5, 5.41) is 3.30. The summed E-state index contributed by atoms with van der Waals surface area (Å²) in [4.78, 5) is 16.8. The standard InChI is InChI=1S/C14H16N2O2S.ClH/c1-3-11-4-6-12(7-5-11)18-9-13(17)16-14-15-8-10(2)19-14;/h4-8H,3,9H2,1-2H3,(H,15,16,17);1H. The van der Waals surface area contributed by atoms with Gasteiger partial charge in [0.1, 0.15) is 5.75 Å². The minimum absolute atomic E-state index is 0. The van der Waals surface area contributed by atoms with Gasteiger partial charge in [-0.2, -0.15) is 0 Å². The molecule has 1 aromatic carbocycles.